The van der Waals surface area contributed by atoms with Crippen LogP contribution >= 0.6 is 0 Å². The number of hydrogen-bond acceptors (Lipinski definition) is 2. The summed E-state index contributed by atoms with van der Waals surface area (Å²) in [5.74, 6) is 1.71. The average Bonchev–Trinajstić information content (AvgIpc) is 2.41. The molecule has 0 radical (unpaired) electrons. The van der Waals surface area contributed by atoms with E-state index in [1.165, 1.54) is 30.5 Å². The lowest BCUT2D eigenvalue weighted by atomic mass is 10.1. The molecule has 1 aromatic rings. The Morgan fingerprint density at radius 2 is 1.89 bits per heavy atom. The van der Waals surface area contributed by atoms with Crippen molar-refractivity contribution in [2.24, 2.45) is 0 Å². The zero-order valence-electron chi connectivity index (χ0n) is 11.2. The molecule has 1 heterocycles. The van der Waals surface area contributed by atoms with Gasteiger partial charge in [0.25, 0.3) is 0 Å². The van der Waals surface area contributed by atoms with Gasteiger partial charge in [-0.3, -0.25) is 4.21 Å². The van der Waals surface area contributed by atoms with Crippen molar-refractivity contribution < 1.29 is 4.21 Å². The standard InChI is InChI=1S/C15H23NOS/c1-2-3-4-13-5-7-14(8-6-13)16-15-9-11-18(17)12-10-15/h5-8,15-16H,2-4,9-12H2,1H3. The van der Waals surface area contributed by atoms with Crippen LogP contribution in [0.5, 0.6) is 0 Å². The Hall–Kier alpha value is -0.830. The molecule has 3 heteroatoms. The van der Waals surface area contributed by atoms with Gasteiger partial charge in [0.05, 0.1) is 0 Å². The minimum Gasteiger partial charge on any atom is -0.382 e. The van der Waals surface area contributed by atoms with E-state index in [1.54, 1.807) is 0 Å². The molecule has 0 unspecified atom stereocenters. The van der Waals surface area contributed by atoms with Crippen LogP contribution in [0.15, 0.2) is 24.3 Å². The molecule has 0 spiro atoms. The van der Waals surface area contributed by atoms with Crippen molar-refractivity contribution in [1.29, 1.82) is 0 Å². The third-order valence-corrected chi connectivity index (χ3v) is 4.91. The van der Waals surface area contributed by atoms with E-state index < -0.39 is 10.8 Å². The molecule has 1 fully saturated rings. The maximum Gasteiger partial charge on any atom is 0.0342 e. The first kappa shape index (κ1) is 13.6. The van der Waals surface area contributed by atoms with Crippen molar-refractivity contribution >= 4 is 16.5 Å². The van der Waals surface area contributed by atoms with Crippen molar-refractivity contribution in [1.82, 2.24) is 0 Å². The first-order valence-corrected chi connectivity index (χ1v) is 8.47. The molecule has 0 atom stereocenters. The number of hydrogen-bond donors (Lipinski definition) is 1. The molecule has 1 N–H and O–H groups in total. The van der Waals surface area contributed by atoms with Gasteiger partial charge >= 0.3 is 0 Å². The smallest absolute Gasteiger partial charge is 0.0342 e. The molecule has 1 saturated heterocycles. The van der Waals surface area contributed by atoms with Gasteiger partial charge in [0.1, 0.15) is 0 Å². The van der Waals surface area contributed by atoms with Crippen LogP contribution < -0.4 is 5.32 Å². The monoisotopic (exact) mass is 265 g/mol. The molecule has 1 aliphatic heterocycles. The first-order chi connectivity index (χ1) is 8.78. The van der Waals surface area contributed by atoms with Crippen LogP contribution in [0.2, 0.25) is 0 Å². The van der Waals surface area contributed by atoms with E-state index in [0.29, 0.717) is 6.04 Å². The molecule has 18 heavy (non-hydrogen) atoms. The molecule has 2 nitrogen and oxygen atoms in total. The Balaban J connectivity index is 1.84. The van der Waals surface area contributed by atoms with E-state index in [4.69, 9.17) is 0 Å². The summed E-state index contributed by atoms with van der Waals surface area (Å²) in [4.78, 5) is 0. The van der Waals surface area contributed by atoms with Crippen molar-refractivity contribution in [3.05, 3.63) is 29.8 Å². The molecule has 0 aromatic heterocycles. The third kappa shape index (κ3) is 4.13. The zero-order chi connectivity index (χ0) is 12.8. The molecule has 2 rings (SSSR count). The highest BCUT2D eigenvalue weighted by molar-refractivity contribution is 7.85. The molecular formula is C15H23NOS. The molecule has 1 aliphatic rings. The fraction of sp³-hybridized carbons (Fsp3) is 0.600. The fourth-order valence-electron chi connectivity index (χ4n) is 2.32. The largest absolute Gasteiger partial charge is 0.382 e. The van der Waals surface area contributed by atoms with Crippen LogP contribution in [-0.2, 0) is 17.2 Å². The Bertz CT molecular complexity index is 378. The number of anilines is 1. The lowest BCUT2D eigenvalue weighted by Gasteiger charge is -2.23. The summed E-state index contributed by atoms with van der Waals surface area (Å²) < 4.78 is 11.3. The predicted octanol–water partition coefficient (Wildman–Crippen LogP) is 3.35. The summed E-state index contributed by atoms with van der Waals surface area (Å²) in [7, 11) is -0.566. The van der Waals surface area contributed by atoms with Crippen LogP contribution in [0.3, 0.4) is 0 Å². The van der Waals surface area contributed by atoms with Crippen LogP contribution in [0, 0.1) is 0 Å². The summed E-state index contributed by atoms with van der Waals surface area (Å²) >= 11 is 0. The minimum atomic E-state index is -0.566. The zero-order valence-corrected chi connectivity index (χ0v) is 12.0. The Labute approximate surface area is 113 Å². The molecule has 0 aliphatic carbocycles. The average molecular weight is 265 g/mol. The van der Waals surface area contributed by atoms with Gasteiger partial charge in [-0.2, -0.15) is 0 Å². The van der Waals surface area contributed by atoms with Crippen LogP contribution in [-0.4, -0.2) is 21.8 Å². The number of aryl methyl sites for hydroxylation is 1. The Kier molecular flexibility index (Phi) is 5.24. The third-order valence-electron chi connectivity index (χ3n) is 3.53. The van der Waals surface area contributed by atoms with Gasteiger partial charge in [0, 0.05) is 34.0 Å². The van der Waals surface area contributed by atoms with Crippen molar-refractivity contribution in [3.63, 3.8) is 0 Å². The van der Waals surface area contributed by atoms with E-state index in [2.05, 4.69) is 36.5 Å². The summed E-state index contributed by atoms with van der Waals surface area (Å²) in [6.45, 7) is 2.23. The van der Waals surface area contributed by atoms with E-state index in [0.717, 1.165) is 24.3 Å². The van der Waals surface area contributed by atoms with E-state index in [1.807, 2.05) is 0 Å². The van der Waals surface area contributed by atoms with E-state index >= 15 is 0 Å². The predicted molar refractivity (Wildman–Crippen MR) is 79.6 cm³/mol. The summed E-state index contributed by atoms with van der Waals surface area (Å²) in [6.07, 6.45) is 5.76. The van der Waals surface area contributed by atoms with Gasteiger partial charge in [-0.15, -0.1) is 0 Å². The maximum atomic E-state index is 11.3. The second-order valence-electron chi connectivity index (χ2n) is 5.07. The normalized spacial score (nSPS) is 23.8. The lowest BCUT2D eigenvalue weighted by Crippen LogP contribution is -2.29. The van der Waals surface area contributed by atoms with E-state index in [9.17, 15) is 4.21 Å². The highest BCUT2D eigenvalue weighted by Gasteiger charge is 2.17. The molecule has 100 valence electrons. The highest BCUT2D eigenvalue weighted by Crippen LogP contribution is 2.17. The number of nitrogens with one attached hydrogen (secondary N) is 1. The fourth-order valence-corrected chi connectivity index (χ4v) is 3.62. The molecule has 1 aromatic carbocycles. The first-order valence-electron chi connectivity index (χ1n) is 6.98. The summed E-state index contributed by atoms with van der Waals surface area (Å²) in [6, 6.07) is 9.30. The molecule has 0 amide bonds. The van der Waals surface area contributed by atoms with Gasteiger partial charge in [-0.25, -0.2) is 0 Å². The van der Waals surface area contributed by atoms with Crippen LogP contribution in [0.25, 0.3) is 0 Å². The van der Waals surface area contributed by atoms with Crippen LogP contribution in [0.1, 0.15) is 38.2 Å². The molecule has 0 bridgehead atoms. The van der Waals surface area contributed by atoms with Crippen molar-refractivity contribution in [3.8, 4) is 0 Å². The van der Waals surface area contributed by atoms with Crippen LogP contribution in [0.4, 0.5) is 5.69 Å². The van der Waals surface area contributed by atoms with Gasteiger partial charge in [0.2, 0.25) is 0 Å². The summed E-state index contributed by atoms with van der Waals surface area (Å²) in [5.41, 5.74) is 2.63. The Morgan fingerprint density at radius 3 is 2.50 bits per heavy atom. The number of rotatable bonds is 5. The van der Waals surface area contributed by atoms with Gasteiger partial charge in [-0.1, -0.05) is 25.5 Å². The second-order valence-corrected chi connectivity index (χ2v) is 6.76. The second kappa shape index (κ2) is 6.93. The van der Waals surface area contributed by atoms with Gasteiger partial charge in [-0.05, 0) is 43.4 Å². The van der Waals surface area contributed by atoms with Crippen molar-refractivity contribution in [2.75, 3.05) is 16.8 Å². The summed E-state index contributed by atoms with van der Waals surface area (Å²) in [5, 5.41) is 3.55. The number of benzene rings is 1. The van der Waals surface area contributed by atoms with E-state index in [-0.39, 0.29) is 0 Å². The quantitative estimate of drug-likeness (QED) is 0.884. The Morgan fingerprint density at radius 1 is 1.22 bits per heavy atom. The highest BCUT2D eigenvalue weighted by atomic mass is 32.2. The van der Waals surface area contributed by atoms with Gasteiger partial charge < -0.3 is 5.32 Å². The topological polar surface area (TPSA) is 29.1 Å². The lowest BCUT2D eigenvalue weighted by molar-refractivity contribution is 0.624. The SMILES string of the molecule is CCCCc1ccc(NC2CCS(=O)CC2)cc1. The maximum absolute atomic E-state index is 11.3. The molecule has 0 saturated carbocycles. The minimum absolute atomic E-state index is 0.504. The van der Waals surface area contributed by atoms with Gasteiger partial charge in [0.15, 0.2) is 0 Å². The van der Waals surface area contributed by atoms with Crippen molar-refractivity contribution in [2.45, 2.75) is 45.1 Å². The molecular weight excluding hydrogens is 242 g/mol. The number of unbranched alkanes of at least 4 members (excludes halogenated alkanes) is 1.